The number of hydrogen-bond acceptors (Lipinski definition) is 3. The maximum absolute atomic E-state index is 12.4. The number of hydrogen-bond donors (Lipinski definition) is 1. The number of ether oxygens (including phenoxy) is 1. The fourth-order valence-electron chi connectivity index (χ4n) is 2.16. The van der Waals surface area contributed by atoms with E-state index in [-0.39, 0.29) is 5.91 Å². The number of rotatable bonds is 7. The molecule has 0 aromatic heterocycles. The predicted octanol–water partition coefficient (Wildman–Crippen LogP) is 3.11. The molecule has 2 rings (SSSR count). The van der Waals surface area contributed by atoms with Crippen LogP contribution in [0, 0.1) is 0 Å². The van der Waals surface area contributed by atoms with E-state index in [0.717, 1.165) is 5.56 Å². The van der Waals surface area contributed by atoms with Crippen molar-refractivity contribution in [2.24, 2.45) is 0 Å². The van der Waals surface area contributed by atoms with Gasteiger partial charge in [-0.05, 0) is 37.1 Å². The minimum atomic E-state index is -0.411. The smallest absolute Gasteiger partial charge is 0.253 e. The van der Waals surface area contributed by atoms with E-state index < -0.39 is 6.10 Å². The summed E-state index contributed by atoms with van der Waals surface area (Å²) in [6.45, 7) is 2.71. The molecule has 2 aromatic carbocycles. The zero-order chi connectivity index (χ0) is 16.7. The van der Waals surface area contributed by atoms with E-state index in [2.05, 4.69) is 0 Å². The molecule has 4 nitrogen and oxygen atoms in total. The molecule has 0 saturated carbocycles. The van der Waals surface area contributed by atoms with Crippen molar-refractivity contribution in [3.8, 4) is 5.75 Å². The Kier molecular flexibility index (Phi) is 6.18. The first-order valence-corrected chi connectivity index (χ1v) is 7.76. The van der Waals surface area contributed by atoms with Gasteiger partial charge >= 0.3 is 0 Å². The van der Waals surface area contributed by atoms with Gasteiger partial charge in [0.1, 0.15) is 12.4 Å². The molecular weight excluding hydrogens is 290 g/mol. The number of nitrogens with zero attached hydrogens (tertiary/aromatic N) is 1. The van der Waals surface area contributed by atoms with Gasteiger partial charge in [0.25, 0.3) is 5.91 Å². The predicted molar refractivity (Wildman–Crippen MR) is 90.5 cm³/mol. The van der Waals surface area contributed by atoms with Gasteiger partial charge in [-0.1, -0.05) is 36.4 Å². The highest BCUT2D eigenvalue weighted by Crippen LogP contribution is 2.16. The molecule has 0 radical (unpaired) electrons. The summed E-state index contributed by atoms with van der Waals surface area (Å²) < 4.78 is 5.75. The Morgan fingerprint density at radius 2 is 1.91 bits per heavy atom. The third-order valence-corrected chi connectivity index (χ3v) is 3.56. The van der Waals surface area contributed by atoms with Crippen LogP contribution in [0.25, 0.3) is 0 Å². The highest BCUT2D eigenvalue weighted by atomic mass is 16.5. The van der Waals surface area contributed by atoms with Gasteiger partial charge < -0.3 is 14.7 Å². The summed E-state index contributed by atoms with van der Waals surface area (Å²) in [4.78, 5) is 14.0. The highest BCUT2D eigenvalue weighted by Gasteiger charge is 2.13. The fourth-order valence-corrected chi connectivity index (χ4v) is 2.16. The summed E-state index contributed by atoms with van der Waals surface area (Å²) in [6.07, 6.45) is 0.151. The first-order valence-electron chi connectivity index (χ1n) is 7.76. The Morgan fingerprint density at radius 3 is 2.61 bits per heavy atom. The molecule has 0 aliphatic rings. The van der Waals surface area contributed by atoms with Crippen LogP contribution in [-0.2, 0) is 6.61 Å². The van der Waals surface area contributed by atoms with Crippen LogP contribution >= 0.6 is 0 Å². The van der Waals surface area contributed by atoms with Crippen LogP contribution in [0.5, 0.6) is 5.75 Å². The summed E-state index contributed by atoms with van der Waals surface area (Å²) >= 11 is 0. The molecule has 1 atom stereocenters. The van der Waals surface area contributed by atoms with Crippen molar-refractivity contribution < 1.29 is 14.6 Å². The second kappa shape index (κ2) is 8.34. The normalized spacial score (nSPS) is 11.8. The van der Waals surface area contributed by atoms with Gasteiger partial charge in [-0.3, -0.25) is 4.79 Å². The summed E-state index contributed by atoms with van der Waals surface area (Å²) in [7, 11) is 1.74. The molecule has 0 fully saturated rings. The van der Waals surface area contributed by atoms with Crippen LogP contribution in [0.15, 0.2) is 54.6 Å². The largest absolute Gasteiger partial charge is 0.489 e. The van der Waals surface area contributed by atoms with Crippen LogP contribution in [0.2, 0.25) is 0 Å². The molecule has 1 N–H and O–H groups in total. The second-order valence-electron chi connectivity index (χ2n) is 5.67. The van der Waals surface area contributed by atoms with Crippen LogP contribution in [0.1, 0.15) is 29.3 Å². The molecule has 1 unspecified atom stereocenters. The van der Waals surface area contributed by atoms with E-state index in [9.17, 15) is 9.90 Å². The van der Waals surface area contributed by atoms with Crippen molar-refractivity contribution in [1.29, 1.82) is 0 Å². The number of aliphatic hydroxyl groups excluding tert-OH is 1. The van der Waals surface area contributed by atoms with Crippen molar-refractivity contribution in [3.05, 3.63) is 65.7 Å². The van der Waals surface area contributed by atoms with Crippen LogP contribution < -0.4 is 4.74 Å². The third kappa shape index (κ3) is 5.42. The van der Waals surface area contributed by atoms with Crippen LogP contribution in [0.4, 0.5) is 0 Å². The summed E-state index contributed by atoms with van der Waals surface area (Å²) in [5.74, 6) is 0.597. The van der Waals surface area contributed by atoms with E-state index in [0.29, 0.717) is 30.9 Å². The number of carbonyl (C=O) groups is 1. The second-order valence-corrected chi connectivity index (χ2v) is 5.67. The molecule has 0 heterocycles. The van der Waals surface area contributed by atoms with E-state index in [4.69, 9.17) is 4.74 Å². The van der Waals surface area contributed by atoms with Gasteiger partial charge in [0.05, 0.1) is 6.10 Å². The first-order chi connectivity index (χ1) is 11.1. The van der Waals surface area contributed by atoms with Crippen LogP contribution in [0.3, 0.4) is 0 Å². The molecule has 122 valence electrons. The van der Waals surface area contributed by atoms with Gasteiger partial charge in [0.2, 0.25) is 0 Å². The Morgan fingerprint density at radius 1 is 1.17 bits per heavy atom. The van der Waals surface area contributed by atoms with Crippen molar-refractivity contribution in [2.75, 3.05) is 13.6 Å². The molecule has 2 aromatic rings. The topological polar surface area (TPSA) is 49.8 Å². The monoisotopic (exact) mass is 313 g/mol. The Balaban J connectivity index is 1.97. The Hall–Kier alpha value is -2.33. The summed E-state index contributed by atoms with van der Waals surface area (Å²) in [5, 5.41) is 9.32. The minimum Gasteiger partial charge on any atom is -0.489 e. The molecule has 0 spiro atoms. The molecular formula is C19H23NO3. The van der Waals surface area contributed by atoms with Gasteiger partial charge in [0.15, 0.2) is 0 Å². The zero-order valence-electron chi connectivity index (χ0n) is 13.6. The molecule has 0 aliphatic heterocycles. The Bertz CT molecular complexity index is 626. The third-order valence-electron chi connectivity index (χ3n) is 3.56. The maximum atomic E-state index is 12.4. The molecule has 0 bridgehead atoms. The number of benzene rings is 2. The average molecular weight is 313 g/mol. The van der Waals surface area contributed by atoms with Crippen LogP contribution in [-0.4, -0.2) is 35.6 Å². The van der Waals surface area contributed by atoms with Crippen molar-refractivity contribution in [2.45, 2.75) is 26.1 Å². The minimum absolute atomic E-state index is 0.0733. The lowest BCUT2D eigenvalue weighted by Crippen LogP contribution is -2.29. The number of amides is 1. The SMILES string of the molecule is CC(O)CCN(C)C(=O)c1cccc(OCc2ccccc2)c1. The highest BCUT2D eigenvalue weighted by molar-refractivity contribution is 5.94. The number of aliphatic hydroxyl groups is 1. The zero-order valence-corrected chi connectivity index (χ0v) is 13.6. The molecule has 0 saturated heterocycles. The lowest BCUT2D eigenvalue weighted by Gasteiger charge is -2.18. The van der Waals surface area contributed by atoms with E-state index in [1.54, 1.807) is 31.0 Å². The maximum Gasteiger partial charge on any atom is 0.253 e. The van der Waals surface area contributed by atoms with E-state index in [1.165, 1.54) is 0 Å². The van der Waals surface area contributed by atoms with Crippen molar-refractivity contribution in [3.63, 3.8) is 0 Å². The molecule has 1 amide bonds. The van der Waals surface area contributed by atoms with Gasteiger partial charge in [-0.2, -0.15) is 0 Å². The van der Waals surface area contributed by atoms with Gasteiger partial charge in [-0.15, -0.1) is 0 Å². The molecule has 4 heteroatoms. The Labute approximate surface area is 137 Å². The van der Waals surface area contributed by atoms with Gasteiger partial charge in [0, 0.05) is 19.2 Å². The van der Waals surface area contributed by atoms with E-state index in [1.807, 2.05) is 42.5 Å². The van der Waals surface area contributed by atoms with Crippen molar-refractivity contribution >= 4 is 5.91 Å². The lowest BCUT2D eigenvalue weighted by molar-refractivity contribution is 0.0768. The molecule has 23 heavy (non-hydrogen) atoms. The summed E-state index contributed by atoms with van der Waals surface area (Å²) in [6, 6.07) is 17.1. The van der Waals surface area contributed by atoms with Gasteiger partial charge in [-0.25, -0.2) is 0 Å². The summed E-state index contributed by atoms with van der Waals surface area (Å²) in [5.41, 5.74) is 1.67. The molecule has 0 aliphatic carbocycles. The van der Waals surface area contributed by atoms with E-state index >= 15 is 0 Å². The standard InChI is InChI=1S/C19H23NO3/c1-15(21)11-12-20(2)19(22)17-9-6-10-18(13-17)23-14-16-7-4-3-5-8-16/h3-10,13,15,21H,11-12,14H2,1-2H3. The lowest BCUT2D eigenvalue weighted by atomic mass is 10.1. The fraction of sp³-hybridized carbons (Fsp3) is 0.316. The quantitative estimate of drug-likeness (QED) is 0.854. The average Bonchev–Trinajstić information content (AvgIpc) is 2.58. The first kappa shape index (κ1) is 17.0. The van der Waals surface area contributed by atoms with Crippen molar-refractivity contribution in [1.82, 2.24) is 4.90 Å². The number of carbonyl (C=O) groups excluding carboxylic acids is 1.